The lowest BCUT2D eigenvalue weighted by Gasteiger charge is -2.00. The van der Waals surface area contributed by atoms with Crippen LogP contribution >= 0.6 is 11.8 Å². The highest BCUT2D eigenvalue weighted by atomic mass is 32.2. The van der Waals surface area contributed by atoms with Gasteiger partial charge in [0.05, 0.1) is 12.1 Å². The topological polar surface area (TPSA) is 104 Å². The van der Waals surface area contributed by atoms with E-state index in [1.165, 1.54) is 0 Å². The van der Waals surface area contributed by atoms with Crippen LogP contribution in [0.5, 0.6) is 0 Å². The van der Waals surface area contributed by atoms with Crippen LogP contribution in [-0.4, -0.2) is 33.1 Å². The molecule has 1 fully saturated rings. The lowest BCUT2D eigenvalue weighted by atomic mass is 10.1. The number of para-hydroxylation sites is 1. The first-order valence-electron chi connectivity index (χ1n) is 8.24. The van der Waals surface area contributed by atoms with Gasteiger partial charge in [-0.2, -0.15) is 5.10 Å². The lowest BCUT2D eigenvalue weighted by molar-refractivity contribution is -0.138. The molecule has 3 aromatic rings. The van der Waals surface area contributed by atoms with Crippen LogP contribution in [0.25, 0.3) is 21.9 Å². The van der Waals surface area contributed by atoms with Crippen LogP contribution in [0, 0.1) is 0 Å². The number of nitrogens with zero attached hydrogens (tertiary/aromatic N) is 2. The standard InChI is InChI=1S/C19H15N3O4S/c1-10(21-22-19-20-18(25)16(27-19)9-17(23)24)11-6-7-15-13(8-11)12-4-2-3-5-14(12)26-15/h2-8,16H,9H2,1H3,(H,23,24)(H,20,22,25)/b21-10-. The minimum atomic E-state index is -1.02. The maximum Gasteiger partial charge on any atom is 0.305 e. The molecule has 1 aliphatic heterocycles. The lowest BCUT2D eigenvalue weighted by Crippen LogP contribution is -2.26. The molecule has 1 aliphatic rings. The highest BCUT2D eigenvalue weighted by molar-refractivity contribution is 8.15. The summed E-state index contributed by atoms with van der Waals surface area (Å²) in [6.45, 7) is 1.82. The maximum absolute atomic E-state index is 11.7. The Labute approximate surface area is 158 Å². The molecule has 0 saturated carbocycles. The smallest absolute Gasteiger partial charge is 0.305 e. The van der Waals surface area contributed by atoms with Crippen LogP contribution in [0.3, 0.4) is 0 Å². The highest BCUT2D eigenvalue weighted by Gasteiger charge is 2.32. The largest absolute Gasteiger partial charge is 0.481 e. The van der Waals surface area contributed by atoms with E-state index in [1.54, 1.807) is 0 Å². The number of carboxylic acid groups (broad SMARTS) is 1. The maximum atomic E-state index is 11.7. The summed E-state index contributed by atoms with van der Waals surface area (Å²) in [6.07, 6.45) is -0.248. The van der Waals surface area contributed by atoms with Gasteiger partial charge in [0.1, 0.15) is 16.4 Å². The fourth-order valence-electron chi connectivity index (χ4n) is 2.87. The van der Waals surface area contributed by atoms with E-state index in [-0.39, 0.29) is 12.3 Å². The molecule has 2 aromatic carbocycles. The van der Waals surface area contributed by atoms with Crippen molar-refractivity contribution in [3.05, 3.63) is 48.0 Å². The summed E-state index contributed by atoms with van der Waals surface area (Å²) in [4.78, 5) is 22.5. The van der Waals surface area contributed by atoms with E-state index in [2.05, 4.69) is 15.5 Å². The number of benzene rings is 2. The number of carbonyl (C=O) groups is 2. The molecule has 7 nitrogen and oxygen atoms in total. The predicted molar refractivity (Wildman–Crippen MR) is 105 cm³/mol. The Bertz CT molecular complexity index is 1130. The molecule has 136 valence electrons. The Morgan fingerprint density at radius 3 is 2.81 bits per heavy atom. The van der Waals surface area contributed by atoms with Crippen molar-refractivity contribution < 1.29 is 19.1 Å². The summed E-state index contributed by atoms with van der Waals surface area (Å²) < 4.78 is 5.82. The number of hydrogen-bond acceptors (Lipinski definition) is 6. The number of thioether (sulfide) groups is 1. The molecule has 2 heterocycles. The Balaban J connectivity index is 1.60. The molecule has 1 atom stereocenters. The van der Waals surface area contributed by atoms with E-state index in [0.717, 1.165) is 39.3 Å². The first-order valence-corrected chi connectivity index (χ1v) is 9.12. The number of furan rings is 1. The van der Waals surface area contributed by atoms with Gasteiger partial charge in [-0.05, 0) is 36.8 Å². The van der Waals surface area contributed by atoms with Gasteiger partial charge in [-0.25, -0.2) is 0 Å². The van der Waals surface area contributed by atoms with Gasteiger partial charge in [0.25, 0.3) is 0 Å². The first-order chi connectivity index (χ1) is 13.0. The Morgan fingerprint density at radius 2 is 2.00 bits per heavy atom. The molecule has 1 amide bonds. The van der Waals surface area contributed by atoms with Crippen molar-refractivity contribution in [1.29, 1.82) is 0 Å². The summed E-state index contributed by atoms with van der Waals surface area (Å²) >= 11 is 1.08. The van der Waals surface area contributed by atoms with Gasteiger partial charge in [0.15, 0.2) is 5.17 Å². The van der Waals surface area contributed by atoms with E-state index in [4.69, 9.17) is 9.52 Å². The van der Waals surface area contributed by atoms with Crippen LogP contribution in [-0.2, 0) is 9.59 Å². The van der Waals surface area contributed by atoms with Crippen molar-refractivity contribution in [2.75, 3.05) is 0 Å². The number of carbonyl (C=O) groups excluding carboxylic acids is 1. The Morgan fingerprint density at radius 1 is 1.22 bits per heavy atom. The molecule has 0 bridgehead atoms. The van der Waals surface area contributed by atoms with Crippen LogP contribution < -0.4 is 5.32 Å². The van der Waals surface area contributed by atoms with E-state index < -0.39 is 11.2 Å². The summed E-state index contributed by atoms with van der Waals surface area (Å²) in [5.41, 5.74) is 3.18. The number of amidine groups is 1. The minimum Gasteiger partial charge on any atom is -0.481 e. The third kappa shape index (κ3) is 3.43. The van der Waals surface area contributed by atoms with E-state index in [0.29, 0.717) is 10.9 Å². The van der Waals surface area contributed by atoms with Crippen molar-refractivity contribution in [2.24, 2.45) is 10.2 Å². The molecule has 1 aromatic heterocycles. The molecular formula is C19H15N3O4S. The van der Waals surface area contributed by atoms with Gasteiger partial charge in [0.2, 0.25) is 5.91 Å². The van der Waals surface area contributed by atoms with Crippen molar-refractivity contribution in [2.45, 2.75) is 18.6 Å². The molecule has 2 N–H and O–H groups in total. The average molecular weight is 381 g/mol. The molecule has 4 rings (SSSR count). The third-order valence-corrected chi connectivity index (χ3v) is 5.29. The quantitative estimate of drug-likeness (QED) is 0.533. The van der Waals surface area contributed by atoms with Gasteiger partial charge in [-0.15, -0.1) is 5.10 Å². The number of rotatable bonds is 4. The highest BCUT2D eigenvalue weighted by Crippen LogP contribution is 2.29. The summed E-state index contributed by atoms with van der Waals surface area (Å²) in [6, 6.07) is 13.6. The zero-order chi connectivity index (χ0) is 19.0. The zero-order valence-electron chi connectivity index (χ0n) is 14.3. The number of carboxylic acids is 1. The Hall–Kier alpha value is -3.13. The second kappa shape index (κ2) is 6.88. The molecule has 0 spiro atoms. The third-order valence-electron chi connectivity index (χ3n) is 4.22. The number of nitrogens with one attached hydrogen (secondary N) is 1. The number of amides is 1. The van der Waals surface area contributed by atoms with Crippen LogP contribution in [0.15, 0.2) is 57.1 Å². The zero-order valence-corrected chi connectivity index (χ0v) is 15.1. The fourth-order valence-corrected chi connectivity index (χ4v) is 3.78. The van der Waals surface area contributed by atoms with Gasteiger partial charge >= 0.3 is 5.97 Å². The van der Waals surface area contributed by atoms with Gasteiger partial charge in [-0.3, -0.25) is 9.59 Å². The molecule has 1 saturated heterocycles. The molecular weight excluding hydrogens is 366 g/mol. The molecule has 8 heteroatoms. The average Bonchev–Trinajstić information content (AvgIpc) is 3.19. The summed E-state index contributed by atoms with van der Waals surface area (Å²) in [5.74, 6) is -1.38. The second-order valence-electron chi connectivity index (χ2n) is 6.09. The number of fused-ring (bicyclic) bond motifs is 3. The van der Waals surface area contributed by atoms with Crippen molar-refractivity contribution in [3.63, 3.8) is 0 Å². The van der Waals surface area contributed by atoms with E-state index >= 15 is 0 Å². The van der Waals surface area contributed by atoms with Gasteiger partial charge < -0.3 is 14.8 Å². The predicted octanol–water partition coefficient (Wildman–Crippen LogP) is 3.37. The van der Waals surface area contributed by atoms with Gasteiger partial charge in [0, 0.05) is 10.8 Å². The SMILES string of the molecule is C/C(=N/N=C1/NC(=O)C(CC(=O)O)S1)c1ccc2oc3ccccc3c2c1. The van der Waals surface area contributed by atoms with Crippen molar-refractivity contribution in [3.8, 4) is 0 Å². The molecule has 27 heavy (non-hydrogen) atoms. The fraction of sp³-hybridized carbons (Fsp3) is 0.158. The molecule has 0 radical (unpaired) electrons. The van der Waals surface area contributed by atoms with Crippen LogP contribution in [0.2, 0.25) is 0 Å². The van der Waals surface area contributed by atoms with E-state index in [1.807, 2.05) is 49.4 Å². The van der Waals surface area contributed by atoms with Crippen LogP contribution in [0.4, 0.5) is 0 Å². The molecule has 1 unspecified atom stereocenters. The minimum absolute atomic E-state index is 0.248. The summed E-state index contributed by atoms with van der Waals surface area (Å²) in [7, 11) is 0. The summed E-state index contributed by atoms with van der Waals surface area (Å²) in [5, 5.41) is 21.3. The van der Waals surface area contributed by atoms with E-state index in [9.17, 15) is 9.59 Å². The number of aliphatic carboxylic acids is 1. The first kappa shape index (κ1) is 17.3. The second-order valence-corrected chi connectivity index (χ2v) is 7.28. The monoisotopic (exact) mass is 381 g/mol. The van der Waals surface area contributed by atoms with Crippen molar-refractivity contribution in [1.82, 2.24) is 5.32 Å². The number of hydrogen-bond donors (Lipinski definition) is 2. The van der Waals surface area contributed by atoms with Crippen LogP contribution in [0.1, 0.15) is 18.9 Å². The normalized spacial score (nSPS) is 19.1. The Kier molecular flexibility index (Phi) is 4.41. The van der Waals surface area contributed by atoms with Crippen molar-refractivity contribution >= 4 is 56.5 Å². The molecule has 0 aliphatic carbocycles. The van der Waals surface area contributed by atoms with Gasteiger partial charge in [-0.1, -0.05) is 30.0 Å².